The van der Waals surface area contributed by atoms with E-state index in [1.807, 2.05) is 11.3 Å². The van der Waals surface area contributed by atoms with E-state index >= 15 is 0 Å². The van der Waals surface area contributed by atoms with Crippen molar-refractivity contribution in [3.05, 3.63) is 22.4 Å². The van der Waals surface area contributed by atoms with E-state index in [9.17, 15) is 0 Å². The minimum absolute atomic E-state index is 0.321. The Morgan fingerprint density at radius 2 is 2.25 bits per heavy atom. The van der Waals surface area contributed by atoms with Crippen LogP contribution in [0.1, 0.15) is 18.2 Å². The highest BCUT2D eigenvalue weighted by Gasteiger charge is 2.30. The molecule has 0 bridgehead atoms. The van der Waals surface area contributed by atoms with E-state index < -0.39 is 0 Å². The average Bonchev–Trinajstić information content (AvgIpc) is 2.81. The maximum Gasteiger partial charge on any atom is 0.0321 e. The number of rotatable bonds is 4. The van der Waals surface area contributed by atoms with Crippen LogP contribution in [0.3, 0.4) is 0 Å². The molecule has 0 amide bonds. The third-order valence-corrected chi connectivity index (χ3v) is 7.26. The molecule has 3 unspecified atom stereocenters. The van der Waals surface area contributed by atoms with Gasteiger partial charge in [-0.05, 0) is 24.3 Å². The third-order valence-electron chi connectivity index (χ3n) is 2.93. The molecule has 16 heavy (non-hydrogen) atoms. The number of thiophene rings is 1. The molecule has 1 aromatic heterocycles. The quantitative estimate of drug-likeness (QED) is 0.912. The summed E-state index contributed by atoms with van der Waals surface area (Å²) >= 11 is 6.03. The van der Waals surface area contributed by atoms with E-state index in [-0.39, 0.29) is 0 Å². The van der Waals surface area contributed by atoms with Crippen molar-refractivity contribution in [1.29, 1.82) is 0 Å². The van der Waals surface area contributed by atoms with Crippen LogP contribution in [-0.2, 0) is 6.42 Å². The van der Waals surface area contributed by atoms with Gasteiger partial charge in [0.1, 0.15) is 0 Å². The van der Waals surface area contributed by atoms with Gasteiger partial charge in [0.05, 0.1) is 0 Å². The summed E-state index contributed by atoms with van der Waals surface area (Å²) in [6, 6.07) is 4.64. The monoisotopic (exact) mass is 273 g/mol. The Kier molecular flexibility index (Phi) is 5.07. The van der Waals surface area contributed by atoms with Crippen molar-refractivity contribution in [2.45, 2.75) is 36.3 Å². The number of nitrogens with two attached hydrogens (primary N) is 1. The van der Waals surface area contributed by atoms with Crippen LogP contribution in [0.2, 0.25) is 0 Å². The summed E-state index contributed by atoms with van der Waals surface area (Å²) in [7, 11) is 0. The molecule has 1 aliphatic heterocycles. The van der Waals surface area contributed by atoms with E-state index in [2.05, 4.69) is 48.0 Å². The lowest BCUT2D eigenvalue weighted by atomic mass is 10.1. The number of hydrogen-bond acceptors (Lipinski definition) is 4. The third kappa shape index (κ3) is 3.19. The molecule has 0 spiro atoms. The lowest BCUT2D eigenvalue weighted by Gasteiger charge is -2.34. The predicted molar refractivity (Wildman–Crippen MR) is 78.8 cm³/mol. The van der Waals surface area contributed by atoms with Crippen molar-refractivity contribution in [1.82, 2.24) is 0 Å². The van der Waals surface area contributed by atoms with Crippen LogP contribution < -0.4 is 5.73 Å². The maximum absolute atomic E-state index is 6.38. The first-order valence-electron chi connectivity index (χ1n) is 5.82. The second-order valence-corrected chi connectivity index (χ2v) is 7.77. The normalized spacial score (nSPS) is 27.9. The summed E-state index contributed by atoms with van der Waals surface area (Å²) in [5, 5.41) is 3.54. The second-order valence-electron chi connectivity index (χ2n) is 4.10. The molecule has 0 aromatic carbocycles. The largest absolute Gasteiger partial charge is 0.326 e. The Morgan fingerprint density at radius 3 is 2.94 bits per heavy atom. The van der Waals surface area contributed by atoms with Crippen LogP contribution in [0.4, 0.5) is 0 Å². The van der Waals surface area contributed by atoms with Crippen LogP contribution in [-0.4, -0.2) is 28.0 Å². The highest BCUT2D eigenvalue weighted by Crippen LogP contribution is 2.35. The second kappa shape index (κ2) is 6.34. The van der Waals surface area contributed by atoms with Gasteiger partial charge in [-0.1, -0.05) is 13.0 Å². The van der Waals surface area contributed by atoms with Crippen molar-refractivity contribution < 1.29 is 0 Å². The molecule has 1 aromatic rings. The van der Waals surface area contributed by atoms with Crippen LogP contribution in [0.25, 0.3) is 0 Å². The van der Waals surface area contributed by atoms with E-state index in [1.54, 1.807) is 0 Å². The summed E-state index contributed by atoms with van der Waals surface area (Å²) < 4.78 is 0. The zero-order valence-corrected chi connectivity index (χ0v) is 12.0. The van der Waals surface area contributed by atoms with Crippen molar-refractivity contribution >= 4 is 34.9 Å². The molecule has 1 fully saturated rings. The van der Waals surface area contributed by atoms with Gasteiger partial charge in [-0.3, -0.25) is 0 Å². The fourth-order valence-corrected chi connectivity index (χ4v) is 6.08. The lowest BCUT2D eigenvalue weighted by molar-refractivity contribution is 0.601. The molecule has 2 N–H and O–H groups in total. The first-order chi connectivity index (χ1) is 7.81. The van der Waals surface area contributed by atoms with E-state index in [1.165, 1.54) is 22.8 Å². The Bertz CT molecular complexity index is 299. The van der Waals surface area contributed by atoms with E-state index in [0.717, 1.165) is 11.7 Å². The van der Waals surface area contributed by atoms with Crippen LogP contribution in [0, 0.1) is 0 Å². The number of hydrogen-bond donors (Lipinski definition) is 1. The molecule has 1 saturated heterocycles. The summed E-state index contributed by atoms with van der Waals surface area (Å²) in [4.78, 5) is 1.43. The molecule has 0 aliphatic carbocycles. The van der Waals surface area contributed by atoms with Gasteiger partial charge in [0.25, 0.3) is 0 Å². The molecule has 1 nitrogen and oxygen atoms in total. The molecule has 0 saturated carbocycles. The van der Waals surface area contributed by atoms with Gasteiger partial charge >= 0.3 is 0 Å². The molecule has 2 rings (SSSR count). The molecular formula is C12H19NS3. The maximum atomic E-state index is 6.38. The molecule has 2 heterocycles. The Balaban J connectivity index is 1.94. The van der Waals surface area contributed by atoms with E-state index in [0.29, 0.717) is 11.3 Å². The molecular weight excluding hydrogens is 254 g/mol. The van der Waals surface area contributed by atoms with Crippen LogP contribution in [0.5, 0.6) is 0 Å². The topological polar surface area (TPSA) is 26.0 Å². The fourth-order valence-electron chi connectivity index (χ4n) is 2.11. The predicted octanol–water partition coefficient (Wildman–Crippen LogP) is 3.25. The van der Waals surface area contributed by atoms with Crippen LogP contribution >= 0.6 is 34.9 Å². The standard InChI is InChI=1S/C12H19NS3/c1-2-11-12(16-7-6-15-11)10(13)8-9-4-3-5-14-9/h3-5,10-12H,2,6-8,13H2,1H3. The Hall–Kier alpha value is 0.360. The van der Waals surface area contributed by atoms with Crippen molar-refractivity contribution in [3.8, 4) is 0 Å². The van der Waals surface area contributed by atoms with Gasteiger partial charge in [0, 0.05) is 32.9 Å². The highest BCUT2D eigenvalue weighted by molar-refractivity contribution is 8.07. The molecule has 0 radical (unpaired) electrons. The minimum Gasteiger partial charge on any atom is -0.326 e. The SMILES string of the molecule is CCC1SCCSC1C(N)Cc1cccs1. The lowest BCUT2D eigenvalue weighted by Crippen LogP contribution is -2.42. The zero-order valence-electron chi connectivity index (χ0n) is 9.59. The van der Waals surface area contributed by atoms with Gasteiger partial charge in [0.2, 0.25) is 0 Å². The summed E-state index contributed by atoms with van der Waals surface area (Å²) in [6.07, 6.45) is 2.30. The minimum atomic E-state index is 0.321. The van der Waals surface area contributed by atoms with Crippen molar-refractivity contribution in [2.24, 2.45) is 5.73 Å². The molecule has 90 valence electrons. The van der Waals surface area contributed by atoms with Crippen molar-refractivity contribution in [3.63, 3.8) is 0 Å². The van der Waals surface area contributed by atoms with Gasteiger partial charge in [0.15, 0.2) is 0 Å². The summed E-state index contributed by atoms with van der Waals surface area (Å²) in [6.45, 7) is 2.29. The Labute approximate surface area is 111 Å². The fraction of sp³-hybridized carbons (Fsp3) is 0.667. The van der Waals surface area contributed by atoms with Gasteiger partial charge in [-0.2, -0.15) is 23.5 Å². The summed E-state index contributed by atoms with van der Waals surface area (Å²) in [5.41, 5.74) is 6.38. The van der Waals surface area contributed by atoms with E-state index in [4.69, 9.17) is 5.73 Å². The van der Waals surface area contributed by atoms with Crippen LogP contribution in [0.15, 0.2) is 17.5 Å². The van der Waals surface area contributed by atoms with Gasteiger partial charge < -0.3 is 5.73 Å². The molecule has 1 aliphatic rings. The first-order valence-corrected chi connectivity index (χ1v) is 8.80. The van der Waals surface area contributed by atoms with Crippen molar-refractivity contribution in [2.75, 3.05) is 11.5 Å². The smallest absolute Gasteiger partial charge is 0.0321 e. The first kappa shape index (κ1) is 12.8. The molecule has 3 atom stereocenters. The summed E-state index contributed by atoms with van der Waals surface area (Å²) in [5.74, 6) is 2.56. The van der Waals surface area contributed by atoms with Gasteiger partial charge in [-0.15, -0.1) is 11.3 Å². The highest BCUT2D eigenvalue weighted by atomic mass is 32.2. The molecule has 4 heteroatoms. The average molecular weight is 273 g/mol. The Morgan fingerprint density at radius 1 is 1.44 bits per heavy atom. The number of thioether (sulfide) groups is 2. The van der Waals surface area contributed by atoms with Gasteiger partial charge in [-0.25, -0.2) is 0 Å². The zero-order chi connectivity index (χ0) is 11.4.